The van der Waals surface area contributed by atoms with E-state index in [1.54, 1.807) is 18.2 Å². The molecule has 3 rings (SSSR count). The molecule has 1 aliphatic rings. The number of sulfonamides is 1. The molecular weight excluding hydrogens is 378 g/mol. The van der Waals surface area contributed by atoms with Crippen LogP contribution in [0.4, 0.5) is 11.4 Å². The number of anilines is 2. The highest BCUT2D eigenvalue weighted by atomic mass is 35.5. The molecule has 0 radical (unpaired) electrons. The third kappa shape index (κ3) is 4.67. The lowest BCUT2D eigenvalue weighted by molar-refractivity contribution is 0.258. The normalized spacial score (nSPS) is 16.2. The number of thiophene rings is 1. The average Bonchev–Trinajstić information content (AvgIpc) is 3.04. The minimum atomic E-state index is -3.58. The topological polar surface area (TPSA) is 52.6 Å². The molecule has 8 heteroatoms. The fourth-order valence-corrected chi connectivity index (χ4v) is 5.48. The molecule has 25 heavy (non-hydrogen) atoms. The first-order valence-corrected chi connectivity index (χ1v) is 11.0. The number of piperazine rings is 1. The Balaban J connectivity index is 1.63. The van der Waals surface area contributed by atoms with Crippen LogP contribution in [-0.2, 0) is 10.0 Å². The van der Waals surface area contributed by atoms with Crippen LogP contribution in [-0.4, -0.2) is 46.0 Å². The molecular formula is C17H22ClN3O2S2. The third-order valence-electron chi connectivity index (χ3n) is 4.21. The molecule has 1 aliphatic heterocycles. The summed E-state index contributed by atoms with van der Waals surface area (Å²) in [6, 6.07) is 10.6. The molecule has 1 fully saturated rings. The van der Waals surface area contributed by atoms with Crippen LogP contribution in [0.3, 0.4) is 0 Å². The molecule has 0 spiro atoms. The Hall–Kier alpha value is -1.28. The molecule has 2 aromatic rings. The van der Waals surface area contributed by atoms with Crippen molar-refractivity contribution < 1.29 is 8.42 Å². The lowest BCUT2D eigenvalue weighted by Gasteiger charge is -2.36. The van der Waals surface area contributed by atoms with E-state index < -0.39 is 10.0 Å². The van der Waals surface area contributed by atoms with E-state index in [0.29, 0.717) is 10.0 Å². The summed E-state index contributed by atoms with van der Waals surface area (Å²) < 4.78 is 27.9. The number of nitrogens with one attached hydrogen (secondary N) is 1. The summed E-state index contributed by atoms with van der Waals surface area (Å²) in [5.41, 5.74) is 1.68. The number of benzene rings is 1. The van der Waals surface area contributed by atoms with E-state index in [-0.39, 0.29) is 4.21 Å². The monoisotopic (exact) mass is 399 g/mol. The molecule has 0 atom stereocenters. The molecule has 0 aliphatic carbocycles. The quantitative estimate of drug-likeness (QED) is 0.804. The number of hydrogen-bond acceptors (Lipinski definition) is 5. The average molecular weight is 400 g/mol. The highest BCUT2D eigenvalue weighted by Gasteiger charge is 2.18. The van der Waals surface area contributed by atoms with Gasteiger partial charge < -0.3 is 4.90 Å². The minimum absolute atomic E-state index is 0.216. The third-order valence-corrected chi connectivity index (χ3v) is 7.31. The van der Waals surface area contributed by atoms with Gasteiger partial charge in [0.25, 0.3) is 10.0 Å². The SMILES string of the molecule is CCCN1CCN(c2ccc(NS(=O)(=O)c3ccc(Cl)s3)cc2)CC1. The second-order valence-corrected chi connectivity index (χ2v) is 9.66. The molecule has 1 saturated heterocycles. The van der Waals surface area contributed by atoms with E-state index in [1.807, 2.05) is 12.1 Å². The van der Waals surface area contributed by atoms with Crippen LogP contribution < -0.4 is 9.62 Å². The first kappa shape index (κ1) is 18.5. The van der Waals surface area contributed by atoms with Crippen molar-refractivity contribution in [3.63, 3.8) is 0 Å². The second-order valence-electron chi connectivity index (χ2n) is 6.04. The zero-order chi connectivity index (χ0) is 17.9. The summed E-state index contributed by atoms with van der Waals surface area (Å²) in [5, 5.41) is 0. The number of halogens is 1. The standard InChI is InChI=1S/C17H22ClN3O2S2/c1-2-9-20-10-12-21(13-11-20)15-5-3-14(4-6-15)19-25(22,23)17-8-7-16(18)24-17/h3-8,19H,2,9-13H2,1H3. The summed E-state index contributed by atoms with van der Waals surface area (Å²) in [7, 11) is -3.58. The van der Waals surface area contributed by atoms with Gasteiger partial charge in [-0.25, -0.2) is 8.42 Å². The van der Waals surface area contributed by atoms with Crippen molar-refractivity contribution in [1.29, 1.82) is 0 Å². The van der Waals surface area contributed by atoms with Crippen LogP contribution in [0.25, 0.3) is 0 Å². The van der Waals surface area contributed by atoms with Crippen molar-refractivity contribution in [2.45, 2.75) is 17.6 Å². The molecule has 5 nitrogen and oxygen atoms in total. The van der Waals surface area contributed by atoms with E-state index in [9.17, 15) is 8.42 Å². The van der Waals surface area contributed by atoms with Crippen LogP contribution in [0.1, 0.15) is 13.3 Å². The lowest BCUT2D eigenvalue weighted by Crippen LogP contribution is -2.46. The molecule has 0 bridgehead atoms. The van der Waals surface area contributed by atoms with E-state index in [0.717, 1.165) is 49.7 Å². The molecule has 2 heterocycles. The molecule has 0 saturated carbocycles. The summed E-state index contributed by atoms with van der Waals surface area (Å²) in [4.78, 5) is 4.81. The Morgan fingerprint density at radius 1 is 1.08 bits per heavy atom. The first-order chi connectivity index (χ1) is 12.0. The number of hydrogen-bond donors (Lipinski definition) is 1. The van der Waals surface area contributed by atoms with Gasteiger partial charge in [0.1, 0.15) is 4.21 Å². The van der Waals surface area contributed by atoms with Crippen LogP contribution in [0.2, 0.25) is 4.34 Å². The number of nitrogens with zero attached hydrogens (tertiary/aromatic N) is 2. The van der Waals surface area contributed by atoms with E-state index in [1.165, 1.54) is 12.5 Å². The van der Waals surface area contributed by atoms with Crippen LogP contribution in [0, 0.1) is 0 Å². The highest BCUT2D eigenvalue weighted by molar-refractivity contribution is 7.94. The summed E-state index contributed by atoms with van der Waals surface area (Å²) in [5.74, 6) is 0. The zero-order valence-corrected chi connectivity index (χ0v) is 16.5. The van der Waals surface area contributed by atoms with Gasteiger partial charge in [-0.15, -0.1) is 11.3 Å². The van der Waals surface area contributed by atoms with Crippen molar-refractivity contribution in [1.82, 2.24) is 4.90 Å². The maximum atomic E-state index is 12.3. The zero-order valence-electron chi connectivity index (χ0n) is 14.1. The predicted molar refractivity (Wildman–Crippen MR) is 106 cm³/mol. The Kier molecular flexibility index (Phi) is 5.89. The maximum Gasteiger partial charge on any atom is 0.271 e. The van der Waals surface area contributed by atoms with E-state index in [4.69, 9.17) is 11.6 Å². The van der Waals surface area contributed by atoms with Gasteiger partial charge in [-0.3, -0.25) is 9.62 Å². The van der Waals surface area contributed by atoms with Gasteiger partial charge in [-0.2, -0.15) is 0 Å². The van der Waals surface area contributed by atoms with Crippen LogP contribution in [0.5, 0.6) is 0 Å². The Bertz CT molecular complexity index is 798. The summed E-state index contributed by atoms with van der Waals surface area (Å²) in [6.45, 7) is 7.50. The number of rotatable bonds is 6. The largest absolute Gasteiger partial charge is 0.369 e. The molecule has 0 amide bonds. The van der Waals surface area contributed by atoms with Crippen LogP contribution in [0.15, 0.2) is 40.6 Å². The van der Waals surface area contributed by atoms with E-state index in [2.05, 4.69) is 21.4 Å². The molecule has 136 valence electrons. The predicted octanol–water partition coefficient (Wildman–Crippen LogP) is 3.73. The molecule has 1 aromatic carbocycles. The minimum Gasteiger partial charge on any atom is -0.369 e. The van der Waals surface area contributed by atoms with Crippen molar-refractivity contribution in [2.24, 2.45) is 0 Å². The van der Waals surface area contributed by atoms with Crippen molar-refractivity contribution in [3.8, 4) is 0 Å². The second kappa shape index (κ2) is 7.95. The van der Waals surface area contributed by atoms with Gasteiger partial charge in [0, 0.05) is 37.6 Å². The Labute approximate surface area is 158 Å². The Morgan fingerprint density at radius 2 is 1.76 bits per heavy atom. The van der Waals surface area contributed by atoms with Crippen LogP contribution >= 0.6 is 22.9 Å². The lowest BCUT2D eigenvalue weighted by atomic mass is 10.2. The highest BCUT2D eigenvalue weighted by Crippen LogP contribution is 2.28. The van der Waals surface area contributed by atoms with Gasteiger partial charge in [0.05, 0.1) is 4.34 Å². The van der Waals surface area contributed by atoms with Gasteiger partial charge in [0.15, 0.2) is 0 Å². The fraction of sp³-hybridized carbons (Fsp3) is 0.412. The molecule has 0 unspecified atom stereocenters. The van der Waals surface area contributed by atoms with Gasteiger partial charge in [0.2, 0.25) is 0 Å². The fourth-order valence-electron chi connectivity index (χ4n) is 2.93. The molecule has 1 aromatic heterocycles. The Morgan fingerprint density at radius 3 is 2.32 bits per heavy atom. The van der Waals surface area contributed by atoms with Gasteiger partial charge >= 0.3 is 0 Å². The van der Waals surface area contributed by atoms with Crippen molar-refractivity contribution in [2.75, 3.05) is 42.3 Å². The maximum absolute atomic E-state index is 12.3. The van der Waals surface area contributed by atoms with Gasteiger partial charge in [-0.1, -0.05) is 18.5 Å². The van der Waals surface area contributed by atoms with E-state index >= 15 is 0 Å². The summed E-state index contributed by atoms with van der Waals surface area (Å²) >= 11 is 6.87. The van der Waals surface area contributed by atoms with Gasteiger partial charge in [-0.05, 0) is 49.4 Å². The van der Waals surface area contributed by atoms with Crippen molar-refractivity contribution in [3.05, 3.63) is 40.7 Å². The smallest absolute Gasteiger partial charge is 0.271 e. The first-order valence-electron chi connectivity index (χ1n) is 8.33. The summed E-state index contributed by atoms with van der Waals surface area (Å²) in [6.07, 6.45) is 1.18. The molecule has 1 N–H and O–H groups in total. The van der Waals surface area contributed by atoms with Crippen molar-refractivity contribution >= 4 is 44.3 Å².